The Kier molecular flexibility index (Phi) is 5.62. The van der Waals surface area contributed by atoms with Crippen molar-refractivity contribution in [3.8, 4) is 0 Å². The number of ether oxygens (including phenoxy) is 1. The summed E-state index contributed by atoms with van der Waals surface area (Å²) in [6, 6.07) is 0. The Hall–Kier alpha value is -0.660. The van der Waals surface area contributed by atoms with Crippen LogP contribution in [0, 0.1) is 5.92 Å². The smallest absolute Gasteiger partial charge is 0.381 e. The fourth-order valence-corrected chi connectivity index (χ4v) is 3.53. The fraction of sp³-hybridized carbons (Fsp3) is 0.786. The summed E-state index contributed by atoms with van der Waals surface area (Å²) in [5.74, 6) is 0.505. The van der Waals surface area contributed by atoms with Crippen LogP contribution in [0.15, 0.2) is 0 Å². The summed E-state index contributed by atoms with van der Waals surface area (Å²) in [4.78, 5) is 4.20. The van der Waals surface area contributed by atoms with Crippen LogP contribution in [0.25, 0.3) is 0 Å². The minimum Gasteiger partial charge on any atom is -0.381 e. The van der Waals surface area contributed by atoms with Crippen LogP contribution in [-0.2, 0) is 17.5 Å². The molecule has 21 heavy (non-hydrogen) atoms. The van der Waals surface area contributed by atoms with E-state index in [1.54, 1.807) is 0 Å². The molecule has 3 nitrogen and oxygen atoms in total. The monoisotopic (exact) mass is 322 g/mol. The van der Waals surface area contributed by atoms with Crippen LogP contribution in [0.2, 0.25) is 0 Å². The van der Waals surface area contributed by atoms with Gasteiger partial charge >= 0.3 is 6.18 Å². The number of nitrogens with zero attached hydrogens (tertiary/aromatic N) is 1. The second-order valence-electron chi connectivity index (χ2n) is 5.73. The van der Waals surface area contributed by atoms with Crippen LogP contribution >= 0.6 is 11.3 Å². The Bertz CT molecular complexity index is 454. The van der Waals surface area contributed by atoms with Crippen molar-refractivity contribution in [1.82, 2.24) is 10.3 Å². The Morgan fingerprint density at radius 3 is 2.57 bits per heavy atom. The molecule has 1 aromatic heterocycles. The molecule has 2 heterocycles. The fourth-order valence-electron chi connectivity index (χ4n) is 2.30. The van der Waals surface area contributed by atoms with Crippen LogP contribution in [0.5, 0.6) is 0 Å². The highest BCUT2D eigenvalue weighted by molar-refractivity contribution is 7.11. The lowest BCUT2D eigenvalue weighted by Gasteiger charge is -2.19. The van der Waals surface area contributed by atoms with Gasteiger partial charge in [0.2, 0.25) is 0 Å². The first-order valence-electron chi connectivity index (χ1n) is 7.23. The largest absolute Gasteiger partial charge is 0.434 e. The molecular weight excluding hydrogens is 301 g/mol. The topological polar surface area (TPSA) is 34.1 Å². The zero-order valence-corrected chi connectivity index (χ0v) is 13.1. The van der Waals surface area contributed by atoms with Crippen molar-refractivity contribution in [2.75, 3.05) is 19.8 Å². The summed E-state index contributed by atoms with van der Waals surface area (Å²) in [6.07, 6.45) is -2.87. The minimum atomic E-state index is -4.38. The Balaban J connectivity index is 2.14. The third-order valence-electron chi connectivity index (χ3n) is 3.39. The molecule has 0 amide bonds. The summed E-state index contributed by atoms with van der Waals surface area (Å²) >= 11 is 1.20. The molecule has 1 aliphatic heterocycles. The SMILES string of the molecule is CC(C)CNCc1sc(C2CCOCC2)nc1C(F)(F)F. The van der Waals surface area contributed by atoms with Crippen LogP contribution in [-0.4, -0.2) is 24.7 Å². The molecule has 2 rings (SSSR count). The lowest BCUT2D eigenvalue weighted by atomic mass is 10.0. The van der Waals surface area contributed by atoms with E-state index in [0.717, 1.165) is 12.8 Å². The number of nitrogens with one attached hydrogen (secondary N) is 1. The molecule has 7 heteroatoms. The van der Waals surface area contributed by atoms with Gasteiger partial charge in [0, 0.05) is 25.7 Å². The summed E-state index contributed by atoms with van der Waals surface area (Å²) in [5.41, 5.74) is -0.717. The van der Waals surface area contributed by atoms with Crippen LogP contribution < -0.4 is 5.32 Å². The van der Waals surface area contributed by atoms with E-state index in [1.165, 1.54) is 11.3 Å². The van der Waals surface area contributed by atoms with E-state index in [4.69, 9.17) is 4.74 Å². The van der Waals surface area contributed by atoms with Crippen LogP contribution in [0.1, 0.15) is 48.2 Å². The molecule has 0 aliphatic carbocycles. The standard InChI is InChI=1S/C14H21F3N2OS/c1-9(2)7-18-8-11-12(14(15,16)17)19-13(21-11)10-3-5-20-6-4-10/h9-10,18H,3-8H2,1-2H3. The molecule has 120 valence electrons. The van der Waals surface area contributed by atoms with E-state index in [9.17, 15) is 13.2 Å². The average molecular weight is 322 g/mol. The van der Waals surface area contributed by atoms with Gasteiger partial charge < -0.3 is 10.1 Å². The van der Waals surface area contributed by atoms with Crippen LogP contribution in [0.3, 0.4) is 0 Å². The second kappa shape index (κ2) is 7.07. The Morgan fingerprint density at radius 1 is 1.33 bits per heavy atom. The summed E-state index contributed by atoms with van der Waals surface area (Å²) in [7, 11) is 0. The van der Waals surface area contributed by atoms with E-state index in [0.29, 0.717) is 35.6 Å². The zero-order chi connectivity index (χ0) is 15.5. The van der Waals surface area contributed by atoms with Gasteiger partial charge in [0.25, 0.3) is 0 Å². The Labute approximate surface area is 126 Å². The number of alkyl halides is 3. The first-order chi connectivity index (χ1) is 9.88. The molecular formula is C14H21F3N2OS. The van der Waals surface area contributed by atoms with Gasteiger partial charge in [-0.1, -0.05) is 13.8 Å². The molecule has 0 unspecified atom stereocenters. The molecule has 0 bridgehead atoms. The lowest BCUT2D eigenvalue weighted by Crippen LogP contribution is -2.20. The molecule has 0 saturated carbocycles. The number of thiazole rings is 1. The minimum absolute atomic E-state index is 0.101. The molecule has 1 saturated heterocycles. The molecule has 0 aromatic carbocycles. The molecule has 1 aliphatic rings. The maximum atomic E-state index is 13.1. The van der Waals surface area contributed by atoms with E-state index in [-0.39, 0.29) is 12.5 Å². The van der Waals surface area contributed by atoms with Gasteiger partial charge in [0.15, 0.2) is 5.69 Å². The first-order valence-corrected chi connectivity index (χ1v) is 8.05. The highest BCUT2D eigenvalue weighted by Gasteiger charge is 2.38. The number of hydrogen-bond acceptors (Lipinski definition) is 4. The highest BCUT2D eigenvalue weighted by Crippen LogP contribution is 2.38. The zero-order valence-electron chi connectivity index (χ0n) is 12.3. The lowest BCUT2D eigenvalue weighted by molar-refractivity contribution is -0.141. The average Bonchev–Trinajstić information content (AvgIpc) is 2.83. The third kappa shape index (κ3) is 4.66. The number of halogens is 3. The van der Waals surface area contributed by atoms with Gasteiger partial charge in [0.1, 0.15) is 0 Å². The van der Waals surface area contributed by atoms with Crippen LogP contribution in [0.4, 0.5) is 13.2 Å². The van der Waals surface area contributed by atoms with Gasteiger partial charge in [-0.25, -0.2) is 4.98 Å². The van der Waals surface area contributed by atoms with Crippen molar-refractivity contribution < 1.29 is 17.9 Å². The molecule has 0 radical (unpaired) electrons. The van der Waals surface area contributed by atoms with Gasteiger partial charge in [-0.3, -0.25) is 0 Å². The Morgan fingerprint density at radius 2 is 2.00 bits per heavy atom. The van der Waals surface area contributed by atoms with E-state index in [2.05, 4.69) is 10.3 Å². The molecule has 0 spiro atoms. The van der Waals surface area contributed by atoms with Gasteiger partial charge in [-0.15, -0.1) is 11.3 Å². The van der Waals surface area contributed by atoms with Gasteiger partial charge in [-0.05, 0) is 25.3 Å². The highest BCUT2D eigenvalue weighted by atomic mass is 32.1. The molecule has 0 atom stereocenters. The predicted molar refractivity (Wildman–Crippen MR) is 76.5 cm³/mol. The normalized spacial score (nSPS) is 17.6. The first kappa shape index (κ1) is 16.7. The summed E-state index contributed by atoms with van der Waals surface area (Å²) in [5, 5.41) is 3.68. The maximum absolute atomic E-state index is 13.1. The van der Waals surface area contributed by atoms with Crippen molar-refractivity contribution >= 4 is 11.3 Å². The molecule has 1 fully saturated rings. The number of hydrogen-bond donors (Lipinski definition) is 1. The van der Waals surface area contributed by atoms with E-state index < -0.39 is 11.9 Å². The maximum Gasteiger partial charge on any atom is 0.434 e. The summed E-state index contributed by atoms with van der Waals surface area (Å²) in [6.45, 7) is 6.18. The van der Waals surface area contributed by atoms with E-state index >= 15 is 0 Å². The number of rotatable bonds is 5. The van der Waals surface area contributed by atoms with Crippen molar-refractivity contribution in [2.24, 2.45) is 5.92 Å². The molecule has 1 aromatic rings. The van der Waals surface area contributed by atoms with Gasteiger partial charge in [0.05, 0.1) is 9.88 Å². The van der Waals surface area contributed by atoms with Crippen molar-refractivity contribution in [3.63, 3.8) is 0 Å². The van der Waals surface area contributed by atoms with Gasteiger partial charge in [-0.2, -0.15) is 13.2 Å². The third-order valence-corrected chi connectivity index (χ3v) is 4.61. The molecule has 1 N–H and O–H groups in total. The number of aromatic nitrogens is 1. The predicted octanol–water partition coefficient (Wildman–Crippen LogP) is 3.80. The van der Waals surface area contributed by atoms with E-state index in [1.807, 2.05) is 13.8 Å². The summed E-state index contributed by atoms with van der Waals surface area (Å²) < 4.78 is 44.6. The van der Waals surface area contributed by atoms with Crippen molar-refractivity contribution in [2.45, 2.75) is 45.3 Å². The van der Waals surface area contributed by atoms with Crippen molar-refractivity contribution in [3.05, 3.63) is 15.6 Å². The second-order valence-corrected chi connectivity index (χ2v) is 6.85. The quantitative estimate of drug-likeness (QED) is 0.895. The van der Waals surface area contributed by atoms with Crippen molar-refractivity contribution in [1.29, 1.82) is 0 Å².